The molecule has 1 saturated carbocycles. The fourth-order valence-electron chi connectivity index (χ4n) is 1.42. The van der Waals surface area contributed by atoms with Gasteiger partial charge in [-0.25, -0.2) is 0 Å². The highest BCUT2D eigenvalue weighted by atomic mass is 16.6. The molecule has 16 heavy (non-hydrogen) atoms. The quantitative estimate of drug-likeness (QED) is 0.522. The summed E-state index contributed by atoms with van der Waals surface area (Å²) >= 11 is 0. The summed E-state index contributed by atoms with van der Waals surface area (Å²) in [6.07, 6.45) is 3.26. The largest absolute Gasteiger partial charge is 0.390 e. The molecule has 1 fully saturated rings. The number of aliphatic hydroxyl groups excluding tert-OH is 1. The second-order valence-electron chi connectivity index (χ2n) is 3.99. The van der Waals surface area contributed by atoms with Crippen LogP contribution in [0.4, 0.5) is 5.82 Å². The lowest BCUT2D eigenvalue weighted by Gasteiger charge is -2.09. The van der Waals surface area contributed by atoms with Crippen LogP contribution in [-0.2, 0) is 6.54 Å². The summed E-state index contributed by atoms with van der Waals surface area (Å²) in [5, 5.41) is 26.9. The van der Waals surface area contributed by atoms with Crippen molar-refractivity contribution in [2.75, 3.05) is 6.54 Å². The van der Waals surface area contributed by atoms with Crippen molar-refractivity contribution in [1.82, 2.24) is 15.1 Å². The predicted molar refractivity (Wildman–Crippen MR) is 55.9 cm³/mol. The first kappa shape index (κ1) is 11.0. The molecule has 1 aliphatic rings. The summed E-state index contributed by atoms with van der Waals surface area (Å²) in [4.78, 5) is 9.83. The minimum atomic E-state index is -0.569. The van der Waals surface area contributed by atoms with Crippen LogP contribution in [0.1, 0.15) is 12.8 Å². The fraction of sp³-hybridized carbons (Fsp3) is 0.667. The van der Waals surface area contributed by atoms with Gasteiger partial charge in [0.15, 0.2) is 0 Å². The molecule has 0 aromatic carbocycles. The smallest absolute Gasteiger partial charge is 0.389 e. The lowest BCUT2D eigenvalue weighted by atomic mass is 10.3. The van der Waals surface area contributed by atoms with E-state index in [0.717, 1.165) is 0 Å². The van der Waals surface area contributed by atoms with E-state index >= 15 is 0 Å². The predicted octanol–water partition coefficient (Wildman–Crippen LogP) is -0.0958. The van der Waals surface area contributed by atoms with Gasteiger partial charge in [0.2, 0.25) is 0 Å². The number of nitrogens with zero attached hydrogens (tertiary/aromatic N) is 3. The first-order chi connectivity index (χ1) is 7.65. The molecule has 7 nitrogen and oxygen atoms in total. The van der Waals surface area contributed by atoms with Crippen molar-refractivity contribution in [3.8, 4) is 0 Å². The van der Waals surface area contributed by atoms with Gasteiger partial charge in [-0.2, -0.15) is 4.68 Å². The fourth-order valence-corrected chi connectivity index (χ4v) is 1.42. The van der Waals surface area contributed by atoms with Gasteiger partial charge >= 0.3 is 5.82 Å². The van der Waals surface area contributed by atoms with Crippen LogP contribution in [0.3, 0.4) is 0 Å². The Kier molecular flexibility index (Phi) is 3.16. The van der Waals surface area contributed by atoms with Gasteiger partial charge in [-0.15, -0.1) is 0 Å². The molecule has 1 unspecified atom stereocenters. The molecule has 0 bridgehead atoms. The molecule has 1 aliphatic carbocycles. The molecule has 1 atom stereocenters. The van der Waals surface area contributed by atoms with E-state index < -0.39 is 11.0 Å². The van der Waals surface area contributed by atoms with Crippen LogP contribution in [0.25, 0.3) is 0 Å². The molecule has 0 saturated heterocycles. The molecule has 0 aliphatic heterocycles. The molecule has 1 aromatic heterocycles. The molecule has 2 N–H and O–H groups in total. The van der Waals surface area contributed by atoms with Crippen molar-refractivity contribution in [3.05, 3.63) is 22.4 Å². The highest BCUT2D eigenvalue weighted by Crippen LogP contribution is 2.18. The lowest BCUT2D eigenvalue weighted by molar-refractivity contribution is -0.389. The number of hydrogen-bond acceptors (Lipinski definition) is 5. The molecule has 0 amide bonds. The van der Waals surface area contributed by atoms with Gasteiger partial charge in [0, 0.05) is 12.6 Å². The van der Waals surface area contributed by atoms with Crippen molar-refractivity contribution in [2.24, 2.45) is 0 Å². The Labute approximate surface area is 92.2 Å². The number of hydrogen-bond donors (Lipinski definition) is 2. The standard InChI is InChI=1S/C9H14N4O3/c14-8(5-10-7-1-2-7)6-12-4-3-9(11-12)13(15)16/h3-4,7-8,10,14H,1-2,5-6H2. The van der Waals surface area contributed by atoms with Crippen molar-refractivity contribution in [1.29, 1.82) is 0 Å². The molecular formula is C9H14N4O3. The minimum absolute atomic E-state index is 0.192. The Morgan fingerprint density at radius 2 is 2.50 bits per heavy atom. The average Bonchev–Trinajstić information content (AvgIpc) is 2.95. The molecule has 2 rings (SSSR count). The van der Waals surface area contributed by atoms with Crippen LogP contribution in [0.5, 0.6) is 0 Å². The number of nitrogens with one attached hydrogen (secondary N) is 1. The maximum atomic E-state index is 10.4. The first-order valence-electron chi connectivity index (χ1n) is 5.24. The average molecular weight is 226 g/mol. The minimum Gasteiger partial charge on any atom is -0.390 e. The van der Waals surface area contributed by atoms with Crippen molar-refractivity contribution in [3.63, 3.8) is 0 Å². The van der Waals surface area contributed by atoms with Crippen LogP contribution >= 0.6 is 0 Å². The van der Waals surface area contributed by atoms with Gasteiger partial charge in [-0.05, 0) is 17.8 Å². The van der Waals surface area contributed by atoms with E-state index in [1.807, 2.05) is 0 Å². The van der Waals surface area contributed by atoms with E-state index in [-0.39, 0.29) is 12.4 Å². The van der Waals surface area contributed by atoms with Gasteiger partial charge in [-0.1, -0.05) is 0 Å². The summed E-state index contributed by atoms with van der Waals surface area (Å²) in [5.41, 5.74) is 0. The Morgan fingerprint density at radius 3 is 3.06 bits per heavy atom. The zero-order chi connectivity index (χ0) is 11.5. The maximum Gasteiger partial charge on any atom is 0.389 e. The Balaban J connectivity index is 1.79. The van der Waals surface area contributed by atoms with Gasteiger partial charge in [0.25, 0.3) is 0 Å². The molecule has 88 valence electrons. The number of aromatic nitrogens is 2. The second-order valence-corrected chi connectivity index (χ2v) is 3.99. The summed E-state index contributed by atoms with van der Waals surface area (Å²) in [7, 11) is 0. The highest BCUT2D eigenvalue weighted by Gasteiger charge is 2.22. The number of rotatable bonds is 6. The molecule has 1 heterocycles. The zero-order valence-electron chi connectivity index (χ0n) is 8.74. The Morgan fingerprint density at radius 1 is 1.75 bits per heavy atom. The van der Waals surface area contributed by atoms with Crippen LogP contribution in [0.2, 0.25) is 0 Å². The van der Waals surface area contributed by atoms with Crippen LogP contribution in [0.15, 0.2) is 12.3 Å². The second kappa shape index (κ2) is 4.58. The highest BCUT2D eigenvalue weighted by molar-refractivity contribution is 5.13. The van der Waals surface area contributed by atoms with Crippen LogP contribution < -0.4 is 5.32 Å². The number of nitro groups is 1. The molecule has 0 spiro atoms. The maximum absolute atomic E-state index is 10.4. The normalized spacial score (nSPS) is 17.3. The molecule has 0 radical (unpaired) electrons. The summed E-state index contributed by atoms with van der Waals surface area (Å²) in [5.74, 6) is -0.192. The Hall–Kier alpha value is -1.47. The van der Waals surface area contributed by atoms with Crippen LogP contribution in [-0.4, -0.2) is 38.5 Å². The SMILES string of the molecule is O=[N+]([O-])c1ccn(CC(O)CNC2CC2)n1. The summed E-state index contributed by atoms with van der Waals surface area (Å²) in [6.45, 7) is 0.770. The van der Waals surface area contributed by atoms with E-state index in [1.165, 1.54) is 29.8 Å². The van der Waals surface area contributed by atoms with Crippen molar-refractivity contribution >= 4 is 5.82 Å². The van der Waals surface area contributed by atoms with Crippen molar-refractivity contribution < 1.29 is 10.0 Å². The van der Waals surface area contributed by atoms with E-state index in [1.54, 1.807) is 0 Å². The summed E-state index contributed by atoms with van der Waals surface area (Å²) in [6, 6.07) is 1.86. The van der Waals surface area contributed by atoms with Crippen LogP contribution in [0, 0.1) is 10.1 Å². The van der Waals surface area contributed by atoms with Crippen molar-refractivity contribution in [2.45, 2.75) is 31.5 Å². The number of aliphatic hydroxyl groups is 1. The zero-order valence-corrected chi connectivity index (χ0v) is 8.74. The third-order valence-corrected chi connectivity index (χ3v) is 2.43. The topological polar surface area (TPSA) is 93.2 Å². The van der Waals surface area contributed by atoms with Gasteiger partial charge in [0.05, 0.1) is 30.0 Å². The lowest BCUT2D eigenvalue weighted by Crippen LogP contribution is -2.31. The third-order valence-electron chi connectivity index (χ3n) is 2.43. The van der Waals surface area contributed by atoms with Gasteiger partial charge in [0.1, 0.15) is 0 Å². The molecule has 1 aromatic rings. The Bertz CT molecular complexity index is 375. The van der Waals surface area contributed by atoms with E-state index in [4.69, 9.17) is 0 Å². The van der Waals surface area contributed by atoms with E-state index in [0.29, 0.717) is 12.6 Å². The molecule has 7 heteroatoms. The van der Waals surface area contributed by atoms with Gasteiger partial charge < -0.3 is 20.5 Å². The monoisotopic (exact) mass is 226 g/mol. The first-order valence-corrected chi connectivity index (χ1v) is 5.24. The van der Waals surface area contributed by atoms with E-state index in [2.05, 4.69) is 10.4 Å². The van der Waals surface area contributed by atoms with E-state index in [9.17, 15) is 15.2 Å². The molecular weight excluding hydrogens is 212 g/mol. The third kappa shape index (κ3) is 3.01. The summed E-state index contributed by atoms with van der Waals surface area (Å²) < 4.78 is 1.39. The van der Waals surface area contributed by atoms with Gasteiger partial charge in [-0.3, -0.25) is 0 Å².